The van der Waals surface area contributed by atoms with Crippen molar-refractivity contribution in [3.8, 4) is 0 Å². The van der Waals surface area contributed by atoms with Gasteiger partial charge in [0, 0.05) is 33.4 Å². The second-order valence-electron chi connectivity index (χ2n) is 7.05. The molecule has 0 bridgehead atoms. The van der Waals surface area contributed by atoms with Crippen molar-refractivity contribution in [1.29, 1.82) is 0 Å². The molecule has 0 fully saturated rings. The molecule has 0 aliphatic rings. The third kappa shape index (κ3) is 8.00. The van der Waals surface area contributed by atoms with Crippen LogP contribution in [0.4, 0.5) is 0 Å². The van der Waals surface area contributed by atoms with Crippen LogP contribution in [0.3, 0.4) is 0 Å². The van der Waals surface area contributed by atoms with Gasteiger partial charge < -0.3 is 23.7 Å². The molecule has 7 heteroatoms. The summed E-state index contributed by atoms with van der Waals surface area (Å²) in [5.74, 6) is 1.15. The van der Waals surface area contributed by atoms with Crippen molar-refractivity contribution in [3.05, 3.63) is 59.5 Å². The molecule has 0 N–H and O–H groups in total. The molecule has 0 atom stereocenters. The van der Waals surface area contributed by atoms with E-state index in [0.29, 0.717) is 45.0 Å². The van der Waals surface area contributed by atoms with Crippen LogP contribution in [-0.4, -0.2) is 61.6 Å². The lowest BCUT2D eigenvalue weighted by molar-refractivity contribution is -0.143. The normalized spacial score (nSPS) is 10.8. The number of carbonyl (C=O) groups excluding carboxylic acids is 2. The number of nitrogens with zero attached hydrogens (tertiary/aromatic N) is 2. The summed E-state index contributed by atoms with van der Waals surface area (Å²) in [5, 5.41) is 0. The lowest BCUT2D eigenvalue weighted by atomic mass is 10.2. The molecule has 0 saturated carbocycles. The number of methoxy groups -OCH3 is 1. The van der Waals surface area contributed by atoms with E-state index in [1.54, 1.807) is 4.90 Å². The van der Waals surface area contributed by atoms with Crippen molar-refractivity contribution in [2.45, 2.75) is 33.4 Å². The van der Waals surface area contributed by atoms with Crippen LogP contribution in [0.2, 0.25) is 0 Å². The van der Waals surface area contributed by atoms with E-state index in [4.69, 9.17) is 13.9 Å². The maximum atomic E-state index is 13.2. The Hall–Kier alpha value is -2.64. The first-order valence-corrected chi connectivity index (χ1v) is 10.2. The molecule has 164 valence electrons. The Morgan fingerprint density at radius 1 is 1.00 bits per heavy atom. The number of ether oxygens (including phenoxy) is 2. The zero-order valence-electron chi connectivity index (χ0n) is 18.1. The predicted octanol–water partition coefficient (Wildman–Crippen LogP) is 3.02. The third-order valence-electron chi connectivity index (χ3n) is 4.58. The highest BCUT2D eigenvalue weighted by atomic mass is 16.5. The summed E-state index contributed by atoms with van der Waals surface area (Å²) in [6.07, 6.45) is 0.659. The average molecular weight is 417 g/mol. The van der Waals surface area contributed by atoms with Crippen LogP contribution >= 0.6 is 0 Å². The van der Waals surface area contributed by atoms with Gasteiger partial charge in [-0.1, -0.05) is 30.3 Å². The van der Waals surface area contributed by atoms with Crippen molar-refractivity contribution in [2.24, 2.45) is 0 Å². The lowest BCUT2D eigenvalue weighted by Gasteiger charge is -2.27. The van der Waals surface area contributed by atoms with Gasteiger partial charge in [-0.2, -0.15) is 0 Å². The van der Waals surface area contributed by atoms with E-state index in [1.165, 1.54) is 12.0 Å². The molecule has 2 aromatic rings. The Morgan fingerprint density at radius 3 is 2.40 bits per heavy atom. The van der Waals surface area contributed by atoms with Gasteiger partial charge in [-0.05, 0) is 38.0 Å². The first-order valence-electron chi connectivity index (χ1n) is 10.2. The standard InChI is InChI=1S/C23H32N2O5/c1-4-29-14-8-13-24(23(27)18-28-3)17-22(26)25(15-20-9-6-5-7-10-20)16-21-12-11-19(2)30-21/h5-7,9-12H,4,8,13-18H2,1-3H3. The van der Waals surface area contributed by atoms with Crippen LogP contribution in [0.5, 0.6) is 0 Å². The highest BCUT2D eigenvalue weighted by Crippen LogP contribution is 2.14. The van der Waals surface area contributed by atoms with Crippen molar-refractivity contribution < 1.29 is 23.5 Å². The molecule has 0 spiro atoms. The average Bonchev–Trinajstić information content (AvgIpc) is 3.15. The number of benzene rings is 1. The van der Waals surface area contributed by atoms with Crippen molar-refractivity contribution in [1.82, 2.24) is 9.80 Å². The van der Waals surface area contributed by atoms with Gasteiger partial charge in [0.1, 0.15) is 18.1 Å². The molecular formula is C23H32N2O5. The SMILES string of the molecule is CCOCCCN(CC(=O)N(Cc1ccccc1)Cc1ccc(C)o1)C(=O)COC. The quantitative estimate of drug-likeness (QED) is 0.470. The molecule has 7 nitrogen and oxygen atoms in total. The van der Waals surface area contributed by atoms with E-state index < -0.39 is 0 Å². The van der Waals surface area contributed by atoms with Gasteiger partial charge in [0.2, 0.25) is 11.8 Å². The Kier molecular flexibility index (Phi) is 10.1. The number of hydrogen-bond acceptors (Lipinski definition) is 5. The molecule has 1 aromatic carbocycles. The fourth-order valence-corrected chi connectivity index (χ4v) is 3.07. The summed E-state index contributed by atoms with van der Waals surface area (Å²) in [6, 6.07) is 13.5. The second kappa shape index (κ2) is 12.8. The zero-order valence-corrected chi connectivity index (χ0v) is 18.1. The van der Waals surface area contributed by atoms with Gasteiger partial charge >= 0.3 is 0 Å². The molecule has 2 rings (SSSR count). The van der Waals surface area contributed by atoms with E-state index in [2.05, 4.69) is 0 Å². The van der Waals surface area contributed by atoms with Gasteiger partial charge in [0.15, 0.2) is 0 Å². The third-order valence-corrected chi connectivity index (χ3v) is 4.58. The van der Waals surface area contributed by atoms with E-state index in [-0.39, 0.29) is 25.0 Å². The Bertz CT molecular complexity index is 775. The monoisotopic (exact) mass is 416 g/mol. The largest absolute Gasteiger partial charge is 0.464 e. The minimum atomic E-state index is -0.212. The lowest BCUT2D eigenvalue weighted by Crippen LogP contribution is -2.44. The summed E-state index contributed by atoms with van der Waals surface area (Å²) < 4.78 is 16.0. The molecule has 0 unspecified atom stereocenters. The smallest absolute Gasteiger partial charge is 0.249 e. The van der Waals surface area contributed by atoms with Crippen LogP contribution in [0.1, 0.15) is 30.4 Å². The van der Waals surface area contributed by atoms with Gasteiger partial charge in [0.05, 0.1) is 13.1 Å². The number of carbonyl (C=O) groups is 2. The summed E-state index contributed by atoms with van der Waals surface area (Å²) in [7, 11) is 1.47. The topological polar surface area (TPSA) is 72.2 Å². The summed E-state index contributed by atoms with van der Waals surface area (Å²) in [4.78, 5) is 28.9. The molecule has 0 saturated heterocycles. The minimum Gasteiger partial charge on any atom is -0.464 e. The highest BCUT2D eigenvalue weighted by Gasteiger charge is 2.22. The van der Waals surface area contributed by atoms with Gasteiger partial charge in [-0.3, -0.25) is 9.59 Å². The number of furan rings is 1. The van der Waals surface area contributed by atoms with Crippen LogP contribution in [0.15, 0.2) is 46.9 Å². The molecule has 2 amide bonds. The van der Waals surface area contributed by atoms with Crippen LogP contribution < -0.4 is 0 Å². The fraction of sp³-hybridized carbons (Fsp3) is 0.478. The Morgan fingerprint density at radius 2 is 1.77 bits per heavy atom. The summed E-state index contributed by atoms with van der Waals surface area (Å²) in [5.41, 5.74) is 1.01. The van der Waals surface area contributed by atoms with Gasteiger partial charge in [-0.15, -0.1) is 0 Å². The van der Waals surface area contributed by atoms with Gasteiger partial charge in [-0.25, -0.2) is 0 Å². The summed E-state index contributed by atoms with van der Waals surface area (Å²) >= 11 is 0. The molecule has 0 aliphatic carbocycles. The van der Waals surface area contributed by atoms with E-state index in [0.717, 1.165) is 11.3 Å². The first-order chi connectivity index (χ1) is 14.5. The first kappa shape index (κ1) is 23.6. The van der Waals surface area contributed by atoms with Crippen molar-refractivity contribution in [2.75, 3.05) is 40.0 Å². The molecule has 0 aliphatic heterocycles. The van der Waals surface area contributed by atoms with E-state index in [9.17, 15) is 9.59 Å². The fourth-order valence-electron chi connectivity index (χ4n) is 3.07. The maximum absolute atomic E-state index is 13.2. The number of aryl methyl sites for hydroxylation is 1. The summed E-state index contributed by atoms with van der Waals surface area (Å²) in [6.45, 7) is 6.11. The van der Waals surface area contributed by atoms with Gasteiger partial charge in [0.25, 0.3) is 0 Å². The van der Waals surface area contributed by atoms with Crippen molar-refractivity contribution >= 4 is 11.8 Å². The number of amides is 2. The predicted molar refractivity (Wildman–Crippen MR) is 114 cm³/mol. The van der Waals surface area contributed by atoms with Crippen molar-refractivity contribution in [3.63, 3.8) is 0 Å². The molecule has 30 heavy (non-hydrogen) atoms. The highest BCUT2D eigenvalue weighted by molar-refractivity contribution is 5.85. The van der Waals surface area contributed by atoms with Crippen LogP contribution in [0, 0.1) is 6.92 Å². The molecule has 1 aromatic heterocycles. The Balaban J connectivity index is 2.10. The second-order valence-corrected chi connectivity index (χ2v) is 7.05. The number of rotatable bonds is 13. The number of hydrogen-bond donors (Lipinski definition) is 0. The Labute approximate surface area is 178 Å². The van der Waals surface area contributed by atoms with Crippen LogP contribution in [0.25, 0.3) is 0 Å². The molecule has 1 heterocycles. The molecule has 0 radical (unpaired) electrons. The van der Waals surface area contributed by atoms with Crippen LogP contribution in [-0.2, 0) is 32.2 Å². The van der Waals surface area contributed by atoms with E-state index in [1.807, 2.05) is 56.3 Å². The molecular weight excluding hydrogens is 384 g/mol. The maximum Gasteiger partial charge on any atom is 0.249 e. The van der Waals surface area contributed by atoms with E-state index >= 15 is 0 Å². The minimum absolute atomic E-state index is 0.0131. The zero-order chi connectivity index (χ0) is 21.8.